The Kier molecular flexibility index (Phi) is 9.60. The molecule has 0 aliphatic carbocycles. The zero-order valence-electron chi connectivity index (χ0n) is 18.9. The summed E-state index contributed by atoms with van der Waals surface area (Å²) in [5.41, 5.74) is 2.59. The van der Waals surface area contributed by atoms with Gasteiger partial charge in [0.25, 0.3) is 11.8 Å². The summed E-state index contributed by atoms with van der Waals surface area (Å²) in [5, 5.41) is 14.0. The number of benzene rings is 2. The summed E-state index contributed by atoms with van der Waals surface area (Å²) in [6, 6.07) is 15.8. The molecule has 1 unspecified atom stereocenters. The largest absolute Gasteiger partial charge is 0.457 e. The van der Waals surface area contributed by atoms with Crippen molar-refractivity contribution in [1.82, 2.24) is 20.8 Å². The van der Waals surface area contributed by atoms with Crippen molar-refractivity contribution < 1.29 is 19.1 Å². The van der Waals surface area contributed by atoms with E-state index in [-0.39, 0.29) is 23.4 Å². The number of nitrogens with zero attached hydrogens (tertiary/aromatic N) is 2. The molecule has 0 saturated heterocycles. The van der Waals surface area contributed by atoms with E-state index in [1.807, 2.05) is 43.5 Å². The SMILES string of the molecule is CSCCC(NC(=O)c1ccccc1)C(=O)OCc1nnc(C(=O)NCc2ccc(C)cc2)s1. The minimum atomic E-state index is -0.787. The van der Waals surface area contributed by atoms with E-state index in [2.05, 4.69) is 20.8 Å². The van der Waals surface area contributed by atoms with Gasteiger partial charge in [-0.3, -0.25) is 9.59 Å². The zero-order chi connectivity index (χ0) is 24.3. The molecule has 0 bridgehead atoms. The Hall–Kier alpha value is -3.24. The lowest BCUT2D eigenvalue weighted by molar-refractivity contribution is -0.147. The van der Waals surface area contributed by atoms with Gasteiger partial charge in [0.15, 0.2) is 5.01 Å². The summed E-state index contributed by atoms with van der Waals surface area (Å²) in [6.07, 6.45) is 2.36. The highest BCUT2D eigenvalue weighted by Gasteiger charge is 2.23. The van der Waals surface area contributed by atoms with Crippen molar-refractivity contribution in [1.29, 1.82) is 0 Å². The number of hydrogen-bond donors (Lipinski definition) is 2. The van der Waals surface area contributed by atoms with E-state index < -0.39 is 12.0 Å². The van der Waals surface area contributed by atoms with Crippen LogP contribution >= 0.6 is 23.1 Å². The first-order valence-electron chi connectivity index (χ1n) is 10.6. The summed E-state index contributed by atoms with van der Waals surface area (Å²) in [5.74, 6) is -0.562. The number of thioether (sulfide) groups is 1. The number of nitrogens with one attached hydrogen (secondary N) is 2. The molecule has 3 aromatic rings. The highest BCUT2D eigenvalue weighted by molar-refractivity contribution is 7.98. The normalized spacial score (nSPS) is 11.5. The molecule has 2 amide bonds. The number of hydrogen-bond acceptors (Lipinski definition) is 8. The van der Waals surface area contributed by atoms with Crippen molar-refractivity contribution in [2.24, 2.45) is 0 Å². The minimum Gasteiger partial charge on any atom is -0.457 e. The van der Waals surface area contributed by atoms with Crippen LogP contribution in [0.3, 0.4) is 0 Å². The molecule has 10 heteroatoms. The van der Waals surface area contributed by atoms with Gasteiger partial charge in [0, 0.05) is 12.1 Å². The molecule has 0 aliphatic rings. The summed E-state index contributed by atoms with van der Waals surface area (Å²) < 4.78 is 5.37. The first kappa shape index (κ1) is 25.4. The number of ether oxygens (including phenoxy) is 1. The van der Waals surface area contributed by atoms with Crippen LogP contribution in [0.5, 0.6) is 0 Å². The van der Waals surface area contributed by atoms with Crippen molar-refractivity contribution in [2.45, 2.75) is 32.5 Å². The predicted octanol–water partition coefficient (Wildman–Crippen LogP) is 3.37. The van der Waals surface area contributed by atoms with Crippen molar-refractivity contribution in [3.63, 3.8) is 0 Å². The quantitative estimate of drug-likeness (QED) is 0.390. The van der Waals surface area contributed by atoms with Crippen molar-refractivity contribution >= 4 is 40.9 Å². The van der Waals surface area contributed by atoms with Gasteiger partial charge in [0.2, 0.25) is 5.01 Å². The van der Waals surface area contributed by atoms with Crippen LogP contribution in [0, 0.1) is 6.92 Å². The first-order chi connectivity index (χ1) is 16.5. The Balaban J connectivity index is 1.52. The van der Waals surface area contributed by atoms with E-state index in [9.17, 15) is 14.4 Å². The van der Waals surface area contributed by atoms with Gasteiger partial charge in [-0.1, -0.05) is 59.4 Å². The third-order valence-corrected chi connectivity index (χ3v) is 6.35. The highest BCUT2D eigenvalue weighted by Crippen LogP contribution is 2.13. The van der Waals surface area contributed by atoms with Gasteiger partial charge in [0.05, 0.1) is 0 Å². The second kappa shape index (κ2) is 12.9. The van der Waals surface area contributed by atoms with Crippen molar-refractivity contribution in [2.75, 3.05) is 12.0 Å². The third-order valence-electron chi connectivity index (χ3n) is 4.81. The fourth-order valence-electron chi connectivity index (χ4n) is 2.92. The van der Waals surface area contributed by atoms with E-state index >= 15 is 0 Å². The summed E-state index contributed by atoms with van der Waals surface area (Å²) in [6.45, 7) is 2.25. The Morgan fingerprint density at radius 3 is 2.47 bits per heavy atom. The zero-order valence-corrected chi connectivity index (χ0v) is 20.6. The molecular formula is C24H26N4O4S2. The lowest BCUT2D eigenvalue weighted by atomic mass is 10.1. The number of carbonyl (C=O) groups is 3. The monoisotopic (exact) mass is 498 g/mol. The number of esters is 1. The second-order valence-electron chi connectivity index (χ2n) is 7.45. The molecule has 8 nitrogen and oxygen atoms in total. The van der Waals surface area contributed by atoms with Gasteiger partial charge >= 0.3 is 5.97 Å². The smallest absolute Gasteiger partial charge is 0.329 e. The number of rotatable bonds is 11. The highest BCUT2D eigenvalue weighted by atomic mass is 32.2. The number of carbonyl (C=O) groups excluding carboxylic acids is 3. The Morgan fingerprint density at radius 2 is 1.76 bits per heavy atom. The maximum atomic E-state index is 12.6. The van der Waals surface area contributed by atoms with Gasteiger partial charge in [-0.15, -0.1) is 10.2 Å². The van der Waals surface area contributed by atoms with Gasteiger partial charge in [-0.2, -0.15) is 11.8 Å². The molecule has 0 saturated carbocycles. The van der Waals surface area contributed by atoms with Gasteiger partial charge in [0.1, 0.15) is 12.6 Å². The van der Waals surface area contributed by atoms with Crippen molar-refractivity contribution in [3.8, 4) is 0 Å². The van der Waals surface area contributed by atoms with E-state index in [0.29, 0.717) is 29.3 Å². The van der Waals surface area contributed by atoms with Crippen molar-refractivity contribution in [3.05, 3.63) is 81.3 Å². The summed E-state index contributed by atoms with van der Waals surface area (Å²) >= 11 is 2.63. The van der Waals surface area contributed by atoms with Gasteiger partial charge in [-0.05, 0) is 43.0 Å². The number of aromatic nitrogens is 2. The second-order valence-corrected chi connectivity index (χ2v) is 9.50. The van der Waals surface area contributed by atoms with Crippen LogP contribution < -0.4 is 10.6 Å². The Bertz CT molecular complexity index is 1100. The molecule has 0 spiro atoms. The van der Waals surface area contributed by atoms with Gasteiger partial charge < -0.3 is 15.4 Å². The molecular weight excluding hydrogens is 472 g/mol. The molecule has 1 aromatic heterocycles. The summed E-state index contributed by atoms with van der Waals surface area (Å²) in [7, 11) is 0. The van der Waals surface area contributed by atoms with Crippen LogP contribution in [-0.2, 0) is 22.7 Å². The predicted molar refractivity (Wildman–Crippen MR) is 133 cm³/mol. The number of amides is 2. The number of aryl methyl sites for hydroxylation is 1. The standard InChI is InChI=1S/C24H26N4O4S2/c1-16-8-10-17(11-9-16)14-25-22(30)23-28-27-20(34-23)15-32-24(31)19(12-13-33-2)26-21(29)18-6-4-3-5-7-18/h3-11,19H,12-15H2,1-2H3,(H,25,30)(H,26,29). The van der Waals surface area contributed by atoms with Crippen LogP contribution in [0.4, 0.5) is 0 Å². The van der Waals surface area contributed by atoms with E-state index in [4.69, 9.17) is 4.74 Å². The molecule has 1 heterocycles. The molecule has 178 valence electrons. The average Bonchev–Trinajstić information content (AvgIpc) is 3.34. The molecule has 1 atom stereocenters. The molecule has 2 aromatic carbocycles. The lowest BCUT2D eigenvalue weighted by Crippen LogP contribution is -2.42. The van der Waals surface area contributed by atoms with Crippen LogP contribution in [0.25, 0.3) is 0 Å². The van der Waals surface area contributed by atoms with Crippen LogP contribution in [0.2, 0.25) is 0 Å². The molecule has 2 N–H and O–H groups in total. The topological polar surface area (TPSA) is 110 Å². The van der Waals surface area contributed by atoms with E-state index in [1.165, 1.54) is 0 Å². The Morgan fingerprint density at radius 1 is 1.03 bits per heavy atom. The van der Waals surface area contributed by atoms with Crippen LogP contribution in [0.15, 0.2) is 54.6 Å². The lowest BCUT2D eigenvalue weighted by Gasteiger charge is -2.17. The molecule has 0 aliphatic heterocycles. The van der Waals surface area contributed by atoms with Crippen LogP contribution in [0.1, 0.15) is 42.7 Å². The maximum Gasteiger partial charge on any atom is 0.329 e. The molecule has 34 heavy (non-hydrogen) atoms. The van der Waals surface area contributed by atoms with Gasteiger partial charge in [-0.25, -0.2) is 4.79 Å². The third kappa shape index (κ3) is 7.67. The Labute approximate surface area is 206 Å². The maximum absolute atomic E-state index is 12.6. The van der Waals surface area contributed by atoms with Crippen LogP contribution in [-0.4, -0.2) is 46.0 Å². The molecule has 0 radical (unpaired) electrons. The summed E-state index contributed by atoms with van der Waals surface area (Å²) in [4.78, 5) is 37.5. The molecule has 3 rings (SSSR count). The van der Waals surface area contributed by atoms with E-state index in [1.54, 1.807) is 36.0 Å². The first-order valence-corrected chi connectivity index (χ1v) is 12.8. The van der Waals surface area contributed by atoms with E-state index in [0.717, 1.165) is 22.5 Å². The molecule has 0 fully saturated rings. The fraction of sp³-hybridized carbons (Fsp3) is 0.292. The minimum absolute atomic E-state index is 0.126. The fourth-order valence-corrected chi connectivity index (χ4v) is 4.06. The average molecular weight is 499 g/mol.